The third-order valence-corrected chi connectivity index (χ3v) is 3.90. The van der Waals surface area contributed by atoms with Crippen LogP contribution in [-0.2, 0) is 6.42 Å². The van der Waals surface area contributed by atoms with Crippen molar-refractivity contribution < 1.29 is 4.74 Å². The number of benzene rings is 1. The van der Waals surface area contributed by atoms with Gasteiger partial charge in [0.1, 0.15) is 11.6 Å². The number of hydrogen-bond acceptors (Lipinski definition) is 4. The number of methoxy groups -OCH3 is 1. The van der Waals surface area contributed by atoms with Crippen molar-refractivity contribution in [2.45, 2.75) is 6.42 Å². The van der Waals surface area contributed by atoms with Gasteiger partial charge in [-0.2, -0.15) is 5.10 Å². The van der Waals surface area contributed by atoms with E-state index in [1.807, 2.05) is 47.3 Å². The summed E-state index contributed by atoms with van der Waals surface area (Å²) in [7, 11) is 1.67. The zero-order valence-electron chi connectivity index (χ0n) is 12.3. The molecule has 5 heteroatoms. The van der Waals surface area contributed by atoms with Gasteiger partial charge in [-0.15, -0.1) is 0 Å². The smallest absolute Gasteiger partial charge is 0.133 e. The number of fused-ring (bicyclic) bond motifs is 1. The molecule has 3 aromatic rings. The summed E-state index contributed by atoms with van der Waals surface area (Å²) in [6, 6.07) is 11.9. The lowest BCUT2D eigenvalue weighted by molar-refractivity contribution is 0.414. The van der Waals surface area contributed by atoms with Gasteiger partial charge >= 0.3 is 0 Å². The van der Waals surface area contributed by atoms with Gasteiger partial charge in [0.05, 0.1) is 18.5 Å². The van der Waals surface area contributed by atoms with Crippen molar-refractivity contribution in [2.75, 3.05) is 19.0 Å². The maximum absolute atomic E-state index is 5.22. The summed E-state index contributed by atoms with van der Waals surface area (Å²) in [5.74, 6) is 1.91. The molecule has 5 nitrogen and oxygen atoms in total. The van der Waals surface area contributed by atoms with Crippen LogP contribution in [0.15, 0.2) is 48.8 Å². The molecule has 1 aliphatic heterocycles. The van der Waals surface area contributed by atoms with Gasteiger partial charge in [0.25, 0.3) is 0 Å². The second-order valence-corrected chi connectivity index (χ2v) is 5.20. The van der Waals surface area contributed by atoms with Crippen molar-refractivity contribution in [3.05, 3.63) is 54.4 Å². The van der Waals surface area contributed by atoms with Gasteiger partial charge in [0, 0.05) is 30.1 Å². The van der Waals surface area contributed by atoms with Crippen molar-refractivity contribution in [1.29, 1.82) is 0 Å². The number of aromatic nitrogens is 3. The van der Waals surface area contributed by atoms with Gasteiger partial charge in [0.2, 0.25) is 0 Å². The fourth-order valence-corrected chi connectivity index (χ4v) is 2.82. The summed E-state index contributed by atoms with van der Waals surface area (Å²) < 4.78 is 7.18. The Kier molecular flexibility index (Phi) is 3.04. The van der Waals surface area contributed by atoms with Gasteiger partial charge in [-0.1, -0.05) is 0 Å². The summed E-state index contributed by atoms with van der Waals surface area (Å²) >= 11 is 0. The Morgan fingerprint density at radius 3 is 2.77 bits per heavy atom. The first-order valence-corrected chi connectivity index (χ1v) is 7.27. The van der Waals surface area contributed by atoms with Crippen LogP contribution in [0.4, 0.5) is 5.82 Å². The van der Waals surface area contributed by atoms with Crippen LogP contribution >= 0.6 is 0 Å². The Morgan fingerprint density at radius 2 is 2.05 bits per heavy atom. The lowest BCUT2D eigenvalue weighted by atomic mass is 10.1. The molecule has 1 N–H and O–H groups in total. The Labute approximate surface area is 128 Å². The summed E-state index contributed by atoms with van der Waals surface area (Å²) in [6.07, 6.45) is 4.62. The highest BCUT2D eigenvalue weighted by Crippen LogP contribution is 2.34. The fraction of sp³-hybridized carbons (Fsp3) is 0.176. The lowest BCUT2D eigenvalue weighted by Crippen LogP contribution is -2.04. The molecule has 0 aliphatic carbocycles. The van der Waals surface area contributed by atoms with E-state index in [1.165, 1.54) is 5.56 Å². The molecule has 1 aliphatic rings. The standard InChI is InChI=1S/C17H16N4O/c1-22-14-6-4-13(5-7-14)21-17-15(8-10-19-17)16(20-21)12-3-2-9-18-11-12/h2-7,9,11,19H,8,10H2,1H3. The highest BCUT2D eigenvalue weighted by Gasteiger charge is 2.23. The summed E-state index contributed by atoms with van der Waals surface area (Å²) in [6.45, 7) is 0.941. The average Bonchev–Trinajstić information content (AvgIpc) is 3.18. The molecule has 0 saturated carbocycles. The molecule has 2 aromatic heterocycles. The van der Waals surface area contributed by atoms with E-state index in [0.29, 0.717) is 0 Å². The molecule has 0 fully saturated rings. The molecule has 0 saturated heterocycles. The lowest BCUT2D eigenvalue weighted by Gasteiger charge is -2.07. The van der Waals surface area contributed by atoms with Gasteiger partial charge in [-0.05, 0) is 42.8 Å². The highest BCUT2D eigenvalue weighted by atomic mass is 16.5. The maximum Gasteiger partial charge on any atom is 0.133 e. The van der Waals surface area contributed by atoms with Gasteiger partial charge in [-0.3, -0.25) is 4.98 Å². The van der Waals surface area contributed by atoms with Crippen molar-refractivity contribution in [3.8, 4) is 22.7 Å². The van der Waals surface area contributed by atoms with E-state index in [0.717, 1.165) is 41.5 Å². The van der Waals surface area contributed by atoms with Crippen molar-refractivity contribution in [3.63, 3.8) is 0 Å². The first-order chi connectivity index (χ1) is 10.9. The zero-order chi connectivity index (χ0) is 14.9. The van der Waals surface area contributed by atoms with Crippen molar-refractivity contribution in [2.24, 2.45) is 0 Å². The number of nitrogens with zero attached hydrogens (tertiary/aromatic N) is 3. The maximum atomic E-state index is 5.22. The van der Waals surface area contributed by atoms with Crippen LogP contribution in [0.2, 0.25) is 0 Å². The molecule has 0 radical (unpaired) electrons. The third-order valence-electron chi connectivity index (χ3n) is 3.90. The van der Waals surface area contributed by atoms with Crippen LogP contribution < -0.4 is 10.1 Å². The minimum absolute atomic E-state index is 0.841. The van der Waals surface area contributed by atoms with Crippen LogP contribution in [0.5, 0.6) is 5.75 Å². The van der Waals surface area contributed by atoms with Gasteiger partial charge in [-0.25, -0.2) is 4.68 Å². The summed E-state index contributed by atoms with van der Waals surface area (Å²) in [5.41, 5.74) is 4.32. The molecule has 0 unspecified atom stereocenters. The largest absolute Gasteiger partial charge is 0.497 e. The van der Waals surface area contributed by atoms with Crippen LogP contribution in [0.3, 0.4) is 0 Å². The molecular weight excluding hydrogens is 276 g/mol. The first kappa shape index (κ1) is 12.9. The minimum atomic E-state index is 0.841. The molecule has 1 aromatic carbocycles. The van der Waals surface area contributed by atoms with Crippen LogP contribution in [0.1, 0.15) is 5.56 Å². The highest BCUT2D eigenvalue weighted by molar-refractivity contribution is 5.72. The number of anilines is 1. The molecule has 4 rings (SSSR count). The van der Waals surface area contributed by atoms with Crippen molar-refractivity contribution in [1.82, 2.24) is 14.8 Å². The molecule has 3 heterocycles. The molecule has 0 spiro atoms. The summed E-state index contributed by atoms with van der Waals surface area (Å²) in [4.78, 5) is 4.21. The van der Waals surface area contributed by atoms with E-state index in [1.54, 1.807) is 13.3 Å². The van der Waals surface area contributed by atoms with Crippen LogP contribution in [0, 0.1) is 0 Å². The SMILES string of the molecule is COc1ccc(-n2nc(-c3cccnc3)c3c2NCC3)cc1. The Hall–Kier alpha value is -2.82. The van der Waals surface area contributed by atoms with Crippen LogP contribution in [-0.4, -0.2) is 28.4 Å². The predicted octanol–water partition coefficient (Wildman–Crippen LogP) is 2.91. The van der Waals surface area contributed by atoms with Crippen LogP contribution in [0.25, 0.3) is 16.9 Å². The number of rotatable bonds is 3. The van der Waals surface area contributed by atoms with E-state index < -0.39 is 0 Å². The minimum Gasteiger partial charge on any atom is -0.497 e. The second kappa shape index (κ2) is 5.18. The molecule has 0 atom stereocenters. The number of hydrogen-bond donors (Lipinski definition) is 1. The third kappa shape index (κ3) is 2.02. The topological polar surface area (TPSA) is 52.0 Å². The van der Waals surface area contributed by atoms with E-state index in [4.69, 9.17) is 9.84 Å². The number of ether oxygens (including phenoxy) is 1. The quantitative estimate of drug-likeness (QED) is 0.806. The summed E-state index contributed by atoms with van der Waals surface area (Å²) in [5, 5.41) is 8.24. The van der Waals surface area contributed by atoms with E-state index in [9.17, 15) is 0 Å². The Bertz CT molecular complexity index is 794. The molecule has 110 valence electrons. The van der Waals surface area contributed by atoms with E-state index in [2.05, 4.69) is 10.3 Å². The molecular formula is C17H16N4O. The average molecular weight is 292 g/mol. The first-order valence-electron chi connectivity index (χ1n) is 7.27. The second-order valence-electron chi connectivity index (χ2n) is 5.20. The predicted molar refractivity (Wildman–Crippen MR) is 85.5 cm³/mol. The Morgan fingerprint density at radius 1 is 1.18 bits per heavy atom. The number of pyridine rings is 1. The Balaban J connectivity index is 1.84. The van der Waals surface area contributed by atoms with Crippen molar-refractivity contribution >= 4 is 5.82 Å². The molecule has 22 heavy (non-hydrogen) atoms. The van der Waals surface area contributed by atoms with Gasteiger partial charge < -0.3 is 10.1 Å². The van der Waals surface area contributed by atoms with E-state index >= 15 is 0 Å². The molecule has 0 amide bonds. The number of nitrogens with one attached hydrogen (secondary N) is 1. The molecule has 0 bridgehead atoms. The normalized spacial score (nSPS) is 12.8. The zero-order valence-corrected chi connectivity index (χ0v) is 12.3. The van der Waals surface area contributed by atoms with Gasteiger partial charge in [0.15, 0.2) is 0 Å². The monoisotopic (exact) mass is 292 g/mol. The fourth-order valence-electron chi connectivity index (χ4n) is 2.82. The van der Waals surface area contributed by atoms with E-state index in [-0.39, 0.29) is 0 Å².